The van der Waals surface area contributed by atoms with E-state index in [-0.39, 0.29) is 0 Å². The Morgan fingerprint density at radius 1 is 1.33 bits per heavy atom. The molecule has 0 fully saturated rings. The third kappa shape index (κ3) is 2.54. The first kappa shape index (κ1) is 9.62. The minimum atomic E-state index is 0.566. The molecule has 1 aromatic rings. The summed E-state index contributed by atoms with van der Waals surface area (Å²) in [7, 11) is 0. The summed E-state index contributed by atoms with van der Waals surface area (Å²) < 4.78 is 0. The van der Waals surface area contributed by atoms with E-state index in [9.17, 15) is 0 Å². The molecule has 0 saturated heterocycles. The maximum atomic E-state index is 5.53. The Labute approximate surface area is 78.4 Å². The summed E-state index contributed by atoms with van der Waals surface area (Å²) in [5.41, 5.74) is 6.91. The maximum absolute atomic E-state index is 5.53. The second-order valence-electron chi connectivity index (χ2n) is 2.71. The molecule has 1 rings (SSSR count). The highest BCUT2D eigenvalue weighted by atomic mass is 32.2. The van der Waals surface area contributed by atoms with Crippen LogP contribution in [-0.2, 0) is 0 Å². The molecule has 66 valence electrons. The first-order valence-electron chi connectivity index (χ1n) is 4.16. The predicted molar refractivity (Wildman–Crippen MR) is 56.4 cm³/mol. The van der Waals surface area contributed by atoms with E-state index in [1.165, 1.54) is 5.56 Å². The summed E-state index contributed by atoms with van der Waals surface area (Å²) in [6, 6.07) is 10.5. The number of nitrogens with two attached hydrogens (primary N) is 1. The SMILES string of the molecule is CSC(CCN)c1ccccc1. The zero-order valence-corrected chi connectivity index (χ0v) is 8.18. The van der Waals surface area contributed by atoms with Gasteiger partial charge >= 0.3 is 0 Å². The first-order chi connectivity index (χ1) is 5.88. The average Bonchev–Trinajstić information content (AvgIpc) is 2.15. The number of hydrogen-bond donors (Lipinski definition) is 1. The number of hydrogen-bond acceptors (Lipinski definition) is 2. The van der Waals surface area contributed by atoms with Crippen molar-refractivity contribution in [1.29, 1.82) is 0 Å². The smallest absolute Gasteiger partial charge is 0.0306 e. The summed E-state index contributed by atoms with van der Waals surface area (Å²) in [6.45, 7) is 0.764. The summed E-state index contributed by atoms with van der Waals surface area (Å²) in [5, 5.41) is 0.566. The van der Waals surface area contributed by atoms with E-state index in [2.05, 4.69) is 30.5 Å². The van der Waals surface area contributed by atoms with Crippen LogP contribution >= 0.6 is 11.8 Å². The van der Waals surface area contributed by atoms with E-state index in [0.717, 1.165) is 13.0 Å². The van der Waals surface area contributed by atoms with Crippen LogP contribution in [0.1, 0.15) is 17.2 Å². The molecular formula is C10H15NS. The van der Waals surface area contributed by atoms with Gasteiger partial charge in [0.15, 0.2) is 0 Å². The van der Waals surface area contributed by atoms with Gasteiger partial charge in [0, 0.05) is 5.25 Å². The van der Waals surface area contributed by atoms with Gasteiger partial charge in [0.1, 0.15) is 0 Å². The van der Waals surface area contributed by atoms with Crippen LogP contribution in [0.2, 0.25) is 0 Å². The lowest BCUT2D eigenvalue weighted by atomic mass is 10.1. The average molecular weight is 181 g/mol. The van der Waals surface area contributed by atoms with Crippen molar-refractivity contribution in [1.82, 2.24) is 0 Å². The van der Waals surface area contributed by atoms with Gasteiger partial charge in [0.25, 0.3) is 0 Å². The Hall–Kier alpha value is -0.470. The highest BCUT2D eigenvalue weighted by Gasteiger charge is 2.06. The molecule has 1 atom stereocenters. The first-order valence-corrected chi connectivity index (χ1v) is 5.45. The molecule has 0 aliphatic heterocycles. The molecule has 1 aromatic carbocycles. The largest absolute Gasteiger partial charge is 0.330 e. The van der Waals surface area contributed by atoms with Crippen LogP contribution in [0.15, 0.2) is 30.3 Å². The zero-order valence-electron chi connectivity index (χ0n) is 7.36. The Morgan fingerprint density at radius 3 is 2.50 bits per heavy atom. The van der Waals surface area contributed by atoms with E-state index in [4.69, 9.17) is 5.73 Å². The Bertz CT molecular complexity index is 210. The summed E-state index contributed by atoms with van der Waals surface area (Å²) >= 11 is 1.87. The van der Waals surface area contributed by atoms with Gasteiger partial charge in [-0.15, -0.1) is 0 Å². The van der Waals surface area contributed by atoms with E-state index in [0.29, 0.717) is 5.25 Å². The fourth-order valence-corrected chi connectivity index (χ4v) is 2.04. The zero-order chi connectivity index (χ0) is 8.81. The van der Waals surface area contributed by atoms with Crippen molar-refractivity contribution in [3.05, 3.63) is 35.9 Å². The second kappa shape index (κ2) is 5.22. The molecule has 2 N–H and O–H groups in total. The van der Waals surface area contributed by atoms with Crippen LogP contribution in [0.25, 0.3) is 0 Å². The molecular weight excluding hydrogens is 166 g/mol. The summed E-state index contributed by atoms with van der Waals surface area (Å²) in [5.74, 6) is 0. The van der Waals surface area contributed by atoms with Crippen molar-refractivity contribution in [3.63, 3.8) is 0 Å². The molecule has 1 nitrogen and oxygen atoms in total. The molecule has 0 bridgehead atoms. The fourth-order valence-electron chi connectivity index (χ4n) is 1.24. The van der Waals surface area contributed by atoms with Gasteiger partial charge in [-0.25, -0.2) is 0 Å². The molecule has 0 heterocycles. The lowest BCUT2D eigenvalue weighted by Gasteiger charge is -2.12. The lowest BCUT2D eigenvalue weighted by Crippen LogP contribution is -2.04. The molecule has 12 heavy (non-hydrogen) atoms. The molecule has 2 heteroatoms. The van der Waals surface area contributed by atoms with Crippen LogP contribution in [0.5, 0.6) is 0 Å². The number of thioether (sulfide) groups is 1. The lowest BCUT2D eigenvalue weighted by molar-refractivity contribution is 0.816. The van der Waals surface area contributed by atoms with Crippen molar-refractivity contribution in [2.45, 2.75) is 11.7 Å². The molecule has 0 aliphatic carbocycles. The third-order valence-electron chi connectivity index (χ3n) is 1.88. The van der Waals surface area contributed by atoms with Gasteiger partial charge in [-0.05, 0) is 24.8 Å². The third-order valence-corrected chi connectivity index (χ3v) is 2.96. The quantitative estimate of drug-likeness (QED) is 0.772. The molecule has 0 aromatic heterocycles. The number of rotatable bonds is 4. The predicted octanol–water partition coefficient (Wildman–Crippen LogP) is 2.44. The van der Waals surface area contributed by atoms with E-state index in [1.807, 2.05) is 17.8 Å². The van der Waals surface area contributed by atoms with Gasteiger partial charge in [0.2, 0.25) is 0 Å². The molecule has 0 spiro atoms. The molecule has 0 amide bonds. The van der Waals surface area contributed by atoms with Gasteiger partial charge in [0.05, 0.1) is 0 Å². The van der Waals surface area contributed by atoms with Crippen LogP contribution in [0.4, 0.5) is 0 Å². The maximum Gasteiger partial charge on any atom is 0.0306 e. The van der Waals surface area contributed by atoms with Crippen molar-refractivity contribution < 1.29 is 0 Å². The Balaban J connectivity index is 2.66. The molecule has 0 saturated carbocycles. The van der Waals surface area contributed by atoms with Crippen LogP contribution < -0.4 is 5.73 Å². The van der Waals surface area contributed by atoms with Gasteiger partial charge < -0.3 is 5.73 Å². The standard InChI is InChI=1S/C10H15NS/c1-12-10(7-8-11)9-5-3-2-4-6-9/h2-6,10H,7-8,11H2,1H3. The van der Waals surface area contributed by atoms with Gasteiger partial charge in [-0.1, -0.05) is 30.3 Å². The minimum absolute atomic E-state index is 0.566. The van der Waals surface area contributed by atoms with Crippen molar-refractivity contribution in [2.24, 2.45) is 5.73 Å². The Morgan fingerprint density at radius 2 is 2.00 bits per heavy atom. The molecule has 1 unspecified atom stereocenters. The summed E-state index contributed by atoms with van der Waals surface area (Å²) in [6.07, 6.45) is 3.19. The minimum Gasteiger partial charge on any atom is -0.330 e. The van der Waals surface area contributed by atoms with Gasteiger partial charge in [-0.2, -0.15) is 11.8 Å². The topological polar surface area (TPSA) is 26.0 Å². The van der Waals surface area contributed by atoms with Gasteiger partial charge in [-0.3, -0.25) is 0 Å². The number of benzene rings is 1. The Kier molecular flexibility index (Phi) is 4.19. The van der Waals surface area contributed by atoms with Crippen molar-refractivity contribution >= 4 is 11.8 Å². The van der Waals surface area contributed by atoms with E-state index >= 15 is 0 Å². The molecule has 0 radical (unpaired) electrons. The van der Waals surface area contributed by atoms with Crippen LogP contribution in [-0.4, -0.2) is 12.8 Å². The monoisotopic (exact) mass is 181 g/mol. The van der Waals surface area contributed by atoms with Crippen molar-refractivity contribution in [3.8, 4) is 0 Å². The van der Waals surface area contributed by atoms with E-state index < -0.39 is 0 Å². The van der Waals surface area contributed by atoms with Crippen molar-refractivity contribution in [2.75, 3.05) is 12.8 Å². The highest BCUT2D eigenvalue weighted by Crippen LogP contribution is 2.28. The normalized spacial score (nSPS) is 12.8. The van der Waals surface area contributed by atoms with Crippen LogP contribution in [0, 0.1) is 0 Å². The summed E-state index contributed by atoms with van der Waals surface area (Å²) in [4.78, 5) is 0. The second-order valence-corrected chi connectivity index (χ2v) is 3.75. The molecule has 0 aliphatic rings. The fraction of sp³-hybridized carbons (Fsp3) is 0.400. The highest BCUT2D eigenvalue weighted by molar-refractivity contribution is 7.98. The van der Waals surface area contributed by atoms with E-state index in [1.54, 1.807) is 0 Å². The van der Waals surface area contributed by atoms with Crippen LogP contribution in [0.3, 0.4) is 0 Å².